The first-order chi connectivity index (χ1) is 6.61. The molecular formula is C10H18N2O2. The van der Waals surface area contributed by atoms with Crippen LogP contribution in [0.3, 0.4) is 0 Å². The summed E-state index contributed by atoms with van der Waals surface area (Å²) < 4.78 is 5.15. The number of carbonyl (C=O) groups excluding carboxylic acids is 1. The lowest BCUT2D eigenvalue weighted by Crippen LogP contribution is -2.42. The fourth-order valence-corrected chi connectivity index (χ4v) is 1.66. The molecule has 1 saturated carbocycles. The van der Waals surface area contributed by atoms with Crippen LogP contribution in [0, 0.1) is 11.3 Å². The fourth-order valence-electron chi connectivity index (χ4n) is 1.66. The van der Waals surface area contributed by atoms with E-state index in [1.54, 1.807) is 0 Å². The zero-order valence-electron chi connectivity index (χ0n) is 8.58. The van der Waals surface area contributed by atoms with E-state index in [1.807, 2.05) is 0 Å². The van der Waals surface area contributed by atoms with Gasteiger partial charge in [-0.05, 0) is 18.3 Å². The first kappa shape index (κ1) is 9.93. The second kappa shape index (κ2) is 3.51. The van der Waals surface area contributed by atoms with E-state index in [9.17, 15) is 4.79 Å². The van der Waals surface area contributed by atoms with Gasteiger partial charge in [0.05, 0.1) is 19.1 Å². The van der Waals surface area contributed by atoms with Crippen molar-refractivity contribution in [3.8, 4) is 0 Å². The maximum absolute atomic E-state index is 11.7. The lowest BCUT2D eigenvalue weighted by molar-refractivity contribution is -0.125. The van der Waals surface area contributed by atoms with Crippen molar-refractivity contribution in [1.82, 2.24) is 5.32 Å². The molecule has 2 unspecified atom stereocenters. The molecule has 1 aliphatic carbocycles. The van der Waals surface area contributed by atoms with Crippen LogP contribution < -0.4 is 11.1 Å². The molecule has 1 aliphatic heterocycles. The second-order valence-corrected chi connectivity index (χ2v) is 4.84. The molecule has 14 heavy (non-hydrogen) atoms. The van der Waals surface area contributed by atoms with E-state index in [0.717, 1.165) is 6.54 Å². The molecule has 2 fully saturated rings. The van der Waals surface area contributed by atoms with Crippen LogP contribution in [0.5, 0.6) is 0 Å². The Labute approximate surface area is 84.2 Å². The first-order valence-corrected chi connectivity index (χ1v) is 5.22. The normalized spacial score (nSPS) is 34.1. The van der Waals surface area contributed by atoms with Gasteiger partial charge in [-0.15, -0.1) is 0 Å². The monoisotopic (exact) mass is 198 g/mol. The van der Waals surface area contributed by atoms with Gasteiger partial charge >= 0.3 is 0 Å². The van der Waals surface area contributed by atoms with Crippen molar-refractivity contribution in [2.45, 2.75) is 25.8 Å². The molecule has 1 amide bonds. The van der Waals surface area contributed by atoms with E-state index in [0.29, 0.717) is 18.6 Å². The Balaban J connectivity index is 1.77. The Bertz CT molecular complexity index is 238. The molecule has 2 atom stereocenters. The number of carbonyl (C=O) groups is 1. The summed E-state index contributed by atoms with van der Waals surface area (Å²) in [5.41, 5.74) is 6.11. The highest BCUT2D eigenvalue weighted by atomic mass is 16.5. The van der Waals surface area contributed by atoms with Crippen LogP contribution in [-0.2, 0) is 9.53 Å². The number of hydrogen-bond acceptors (Lipinski definition) is 3. The molecule has 80 valence electrons. The van der Waals surface area contributed by atoms with Crippen LogP contribution >= 0.6 is 0 Å². The van der Waals surface area contributed by atoms with E-state index in [2.05, 4.69) is 12.2 Å². The van der Waals surface area contributed by atoms with E-state index >= 15 is 0 Å². The van der Waals surface area contributed by atoms with Gasteiger partial charge in [0, 0.05) is 12.6 Å². The van der Waals surface area contributed by atoms with Gasteiger partial charge in [-0.25, -0.2) is 0 Å². The number of amides is 1. The lowest BCUT2D eigenvalue weighted by atomic mass is 10.0. The molecule has 0 bridgehead atoms. The molecule has 0 aromatic rings. The molecule has 0 radical (unpaired) electrons. The van der Waals surface area contributed by atoms with Gasteiger partial charge in [-0.1, -0.05) is 6.92 Å². The van der Waals surface area contributed by atoms with Crippen molar-refractivity contribution in [2.75, 3.05) is 19.8 Å². The fraction of sp³-hybridized carbons (Fsp3) is 0.900. The highest BCUT2D eigenvalue weighted by molar-refractivity contribution is 5.79. The van der Waals surface area contributed by atoms with Crippen LogP contribution in [0.15, 0.2) is 0 Å². The Morgan fingerprint density at radius 2 is 2.29 bits per heavy atom. The zero-order chi connectivity index (χ0) is 10.2. The quantitative estimate of drug-likeness (QED) is 0.664. The summed E-state index contributed by atoms with van der Waals surface area (Å²) in [5.74, 6) is -0.0829. The molecule has 1 saturated heterocycles. The van der Waals surface area contributed by atoms with Crippen molar-refractivity contribution in [3.63, 3.8) is 0 Å². The Morgan fingerprint density at radius 1 is 1.57 bits per heavy atom. The smallest absolute Gasteiger partial charge is 0.227 e. The molecule has 4 heteroatoms. The van der Waals surface area contributed by atoms with Crippen LogP contribution in [0.1, 0.15) is 19.8 Å². The van der Waals surface area contributed by atoms with Gasteiger partial charge in [0.15, 0.2) is 0 Å². The standard InChI is InChI=1S/C10H18N2O2/c1-10(2-3-10)6-12-9(13)7-4-14-5-8(7)11/h7-8H,2-6,11H2,1H3,(H,12,13). The summed E-state index contributed by atoms with van der Waals surface area (Å²) in [5, 5.41) is 2.96. The summed E-state index contributed by atoms with van der Waals surface area (Å²) in [4.78, 5) is 11.7. The van der Waals surface area contributed by atoms with Crippen molar-refractivity contribution in [1.29, 1.82) is 0 Å². The summed E-state index contributed by atoms with van der Waals surface area (Å²) in [6, 6.07) is -0.123. The lowest BCUT2D eigenvalue weighted by Gasteiger charge is -2.15. The number of hydrogen-bond donors (Lipinski definition) is 2. The SMILES string of the molecule is CC1(CNC(=O)C2COCC2N)CC1. The average molecular weight is 198 g/mol. The van der Waals surface area contributed by atoms with Crippen LogP contribution in [0.2, 0.25) is 0 Å². The molecule has 0 aromatic heterocycles. The van der Waals surface area contributed by atoms with E-state index in [1.165, 1.54) is 12.8 Å². The number of ether oxygens (including phenoxy) is 1. The van der Waals surface area contributed by atoms with Gasteiger partial charge < -0.3 is 15.8 Å². The maximum Gasteiger partial charge on any atom is 0.227 e. The molecule has 3 N–H and O–H groups in total. The molecule has 1 heterocycles. The largest absolute Gasteiger partial charge is 0.379 e. The minimum absolute atomic E-state index is 0.0584. The summed E-state index contributed by atoms with van der Waals surface area (Å²) in [6.45, 7) is 3.96. The maximum atomic E-state index is 11.7. The van der Waals surface area contributed by atoms with Crippen LogP contribution in [-0.4, -0.2) is 31.7 Å². The number of rotatable bonds is 3. The minimum atomic E-state index is -0.141. The minimum Gasteiger partial charge on any atom is -0.379 e. The summed E-state index contributed by atoms with van der Waals surface area (Å²) in [7, 11) is 0. The second-order valence-electron chi connectivity index (χ2n) is 4.84. The Hall–Kier alpha value is -0.610. The highest BCUT2D eigenvalue weighted by Gasteiger charge is 2.39. The molecule has 0 spiro atoms. The number of nitrogens with one attached hydrogen (secondary N) is 1. The van der Waals surface area contributed by atoms with Crippen molar-refractivity contribution in [2.24, 2.45) is 17.1 Å². The molecule has 2 aliphatic rings. The predicted molar refractivity (Wildman–Crippen MR) is 52.6 cm³/mol. The number of nitrogens with two attached hydrogens (primary N) is 1. The first-order valence-electron chi connectivity index (χ1n) is 5.22. The summed E-state index contributed by atoms with van der Waals surface area (Å²) in [6.07, 6.45) is 2.45. The third-order valence-corrected chi connectivity index (χ3v) is 3.25. The highest BCUT2D eigenvalue weighted by Crippen LogP contribution is 2.44. The average Bonchev–Trinajstić information content (AvgIpc) is 2.72. The van der Waals surface area contributed by atoms with Gasteiger partial charge in [0.2, 0.25) is 5.91 Å². The van der Waals surface area contributed by atoms with Crippen molar-refractivity contribution < 1.29 is 9.53 Å². The van der Waals surface area contributed by atoms with Crippen LogP contribution in [0.4, 0.5) is 0 Å². The topological polar surface area (TPSA) is 64.3 Å². The van der Waals surface area contributed by atoms with E-state index < -0.39 is 0 Å². The molecular weight excluding hydrogens is 180 g/mol. The summed E-state index contributed by atoms with van der Waals surface area (Å²) >= 11 is 0. The van der Waals surface area contributed by atoms with Gasteiger partial charge in [-0.2, -0.15) is 0 Å². The zero-order valence-corrected chi connectivity index (χ0v) is 8.58. The van der Waals surface area contributed by atoms with Crippen molar-refractivity contribution >= 4 is 5.91 Å². The van der Waals surface area contributed by atoms with Gasteiger partial charge in [0.1, 0.15) is 0 Å². The third kappa shape index (κ3) is 2.07. The third-order valence-electron chi connectivity index (χ3n) is 3.25. The van der Waals surface area contributed by atoms with E-state index in [-0.39, 0.29) is 17.9 Å². The molecule has 0 aromatic carbocycles. The predicted octanol–water partition coefficient (Wildman–Crippen LogP) is -0.124. The molecule has 2 rings (SSSR count). The van der Waals surface area contributed by atoms with Crippen LogP contribution in [0.25, 0.3) is 0 Å². The van der Waals surface area contributed by atoms with Crippen molar-refractivity contribution in [3.05, 3.63) is 0 Å². The van der Waals surface area contributed by atoms with Gasteiger partial charge in [0.25, 0.3) is 0 Å². The Morgan fingerprint density at radius 3 is 2.79 bits per heavy atom. The van der Waals surface area contributed by atoms with E-state index in [4.69, 9.17) is 10.5 Å². The van der Waals surface area contributed by atoms with Gasteiger partial charge in [-0.3, -0.25) is 4.79 Å². The molecule has 4 nitrogen and oxygen atoms in total. The Kier molecular flexibility index (Phi) is 2.49.